The molecule has 6 rings (SSSR count). The van der Waals surface area contributed by atoms with Gasteiger partial charge in [0.1, 0.15) is 11.5 Å². The molecule has 5 aromatic rings. The van der Waals surface area contributed by atoms with Gasteiger partial charge in [-0.2, -0.15) is 0 Å². The van der Waals surface area contributed by atoms with Gasteiger partial charge >= 0.3 is 5.97 Å². The number of furan rings is 1. The molecule has 0 spiro atoms. The lowest BCUT2D eigenvalue weighted by Gasteiger charge is -2.26. The monoisotopic (exact) mass is 670 g/mol. The van der Waals surface area contributed by atoms with Crippen molar-refractivity contribution in [3.63, 3.8) is 0 Å². The Morgan fingerprint density at radius 3 is 2.43 bits per heavy atom. The first kappa shape index (κ1) is 29.4. The van der Waals surface area contributed by atoms with Gasteiger partial charge in [0, 0.05) is 21.7 Å². The van der Waals surface area contributed by atoms with Crippen molar-refractivity contribution in [3.8, 4) is 22.8 Å². The van der Waals surface area contributed by atoms with Gasteiger partial charge in [-0.1, -0.05) is 75.8 Å². The fourth-order valence-corrected chi connectivity index (χ4v) is 6.35. The van der Waals surface area contributed by atoms with Gasteiger partial charge in [0.2, 0.25) is 0 Å². The maximum absolute atomic E-state index is 14.2. The first-order valence-corrected chi connectivity index (χ1v) is 15.4. The number of aromatic nitrogens is 1. The minimum Gasteiger partial charge on any atom is -0.493 e. The highest BCUT2D eigenvalue weighted by Crippen LogP contribution is 2.38. The van der Waals surface area contributed by atoms with E-state index >= 15 is 0 Å². The molecule has 1 atom stereocenters. The summed E-state index contributed by atoms with van der Waals surface area (Å²) < 4.78 is 25.6. The molecule has 0 saturated heterocycles. The molecule has 1 aliphatic rings. The number of nitrogens with zero attached hydrogens (tertiary/aromatic N) is 2. The van der Waals surface area contributed by atoms with Gasteiger partial charge in [-0.3, -0.25) is 9.36 Å². The maximum atomic E-state index is 14.2. The van der Waals surface area contributed by atoms with E-state index in [0.717, 1.165) is 15.6 Å². The summed E-state index contributed by atoms with van der Waals surface area (Å²) >= 11 is 4.68. The zero-order valence-electron chi connectivity index (χ0n) is 24.1. The third kappa shape index (κ3) is 5.54. The summed E-state index contributed by atoms with van der Waals surface area (Å²) in [5, 5.41) is 0. The van der Waals surface area contributed by atoms with Crippen LogP contribution in [0.3, 0.4) is 0 Å². The Labute approximate surface area is 265 Å². The molecule has 8 nitrogen and oxygen atoms in total. The van der Waals surface area contributed by atoms with Gasteiger partial charge in [-0.15, -0.1) is 0 Å². The van der Waals surface area contributed by atoms with E-state index in [1.165, 1.54) is 23.0 Å². The summed E-state index contributed by atoms with van der Waals surface area (Å²) in [5.41, 5.74) is 2.64. The average Bonchev–Trinajstić information content (AvgIpc) is 3.64. The van der Waals surface area contributed by atoms with Gasteiger partial charge in [0.25, 0.3) is 5.56 Å². The maximum Gasteiger partial charge on any atom is 0.338 e. The van der Waals surface area contributed by atoms with E-state index in [2.05, 4.69) is 15.9 Å². The average molecular weight is 672 g/mol. The molecule has 0 radical (unpaired) electrons. The van der Waals surface area contributed by atoms with Crippen molar-refractivity contribution in [2.24, 2.45) is 4.99 Å². The number of halogens is 1. The van der Waals surface area contributed by atoms with Crippen LogP contribution in [0.4, 0.5) is 0 Å². The van der Waals surface area contributed by atoms with Crippen molar-refractivity contribution < 1.29 is 23.4 Å². The lowest BCUT2D eigenvalue weighted by molar-refractivity contribution is -0.138. The number of carbonyl (C=O) groups is 1. The van der Waals surface area contributed by atoms with E-state index in [-0.39, 0.29) is 17.7 Å². The Kier molecular flexibility index (Phi) is 8.36. The summed E-state index contributed by atoms with van der Waals surface area (Å²) in [6, 6.07) is 25.4. The van der Waals surface area contributed by atoms with Gasteiger partial charge in [-0.05, 0) is 48.9 Å². The number of benzene rings is 3. The summed E-state index contributed by atoms with van der Waals surface area (Å²) in [7, 11) is 3.09. The number of esters is 1. The van der Waals surface area contributed by atoms with Crippen LogP contribution in [0.5, 0.6) is 11.5 Å². The molecule has 0 N–H and O–H groups in total. The Morgan fingerprint density at radius 2 is 1.73 bits per heavy atom. The topological polar surface area (TPSA) is 92.3 Å². The summed E-state index contributed by atoms with van der Waals surface area (Å²) in [6.45, 7) is 1.90. The highest BCUT2D eigenvalue weighted by Gasteiger charge is 2.35. The van der Waals surface area contributed by atoms with E-state index in [9.17, 15) is 9.59 Å². The van der Waals surface area contributed by atoms with Gasteiger partial charge in [-0.25, -0.2) is 9.79 Å². The smallest absolute Gasteiger partial charge is 0.338 e. The number of fused-ring (bicyclic) bond motifs is 1. The van der Waals surface area contributed by atoms with Crippen LogP contribution in [0.15, 0.2) is 109 Å². The van der Waals surface area contributed by atoms with E-state index < -0.39 is 12.0 Å². The summed E-state index contributed by atoms with van der Waals surface area (Å²) in [5.74, 6) is 1.62. The Balaban J connectivity index is 1.58. The summed E-state index contributed by atoms with van der Waals surface area (Å²) in [6.07, 6.45) is 1.70. The summed E-state index contributed by atoms with van der Waals surface area (Å²) in [4.78, 5) is 33.2. The zero-order chi connectivity index (χ0) is 30.8. The third-order valence-electron chi connectivity index (χ3n) is 7.13. The minimum absolute atomic E-state index is 0.159. The van der Waals surface area contributed by atoms with Crippen LogP contribution in [0, 0.1) is 0 Å². The van der Waals surface area contributed by atoms with Crippen LogP contribution in [0.2, 0.25) is 0 Å². The molecule has 10 heteroatoms. The van der Waals surface area contributed by atoms with Crippen molar-refractivity contribution in [2.75, 3.05) is 20.8 Å². The fourth-order valence-electron chi connectivity index (χ4n) is 5.11. The molecule has 222 valence electrons. The first-order valence-electron chi connectivity index (χ1n) is 13.8. The number of rotatable bonds is 8. The second-order valence-corrected chi connectivity index (χ2v) is 11.7. The SMILES string of the molecule is CCOC(=O)C1=C(c2ccccc2)N=c2s/c(=C\c3ccc(-c4ccc(Br)cc4)o3)c(=O)n2C1c1ccc(OC)c(OC)c1. The largest absolute Gasteiger partial charge is 0.493 e. The Hall–Kier alpha value is -4.67. The van der Waals surface area contributed by atoms with Crippen LogP contribution < -0.4 is 24.4 Å². The van der Waals surface area contributed by atoms with E-state index in [1.807, 2.05) is 72.8 Å². The Bertz CT molecular complexity index is 2060. The second-order valence-electron chi connectivity index (χ2n) is 9.75. The van der Waals surface area contributed by atoms with Crippen molar-refractivity contribution in [2.45, 2.75) is 13.0 Å². The number of ether oxygens (including phenoxy) is 3. The van der Waals surface area contributed by atoms with E-state index in [1.54, 1.807) is 32.2 Å². The van der Waals surface area contributed by atoms with Crippen LogP contribution >= 0.6 is 27.3 Å². The molecule has 44 heavy (non-hydrogen) atoms. The van der Waals surface area contributed by atoms with Gasteiger partial charge < -0.3 is 18.6 Å². The van der Waals surface area contributed by atoms with Gasteiger partial charge in [0.15, 0.2) is 16.3 Å². The van der Waals surface area contributed by atoms with Crippen molar-refractivity contribution in [1.29, 1.82) is 0 Å². The van der Waals surface area contributed by atoms with Crippen molar-refractivity contribution in [1.82, 2.24) is 4.57 Å². The highest BCUT2D eigenvalue weighted by atomic mass is 79.9. The van der Waals surface area contributed by atoms with Crippen LogP contribution in [0.1, 0.15) is 29.9 Å². The molecule has 1 unspecified atom stereocenters. The molecule has 3 heterocycles. The molecule has 0 saturated carbocycles. The van der Waals surface area contributed by atoms with Crippen LogP contribution in [0.25, 0.3) is 23.1 Å². The number of hydrogen-bond acceptors (Lipinski definition) is 8. The molecule has 0 amide bonds. The zero-order valence-corrected chi connectivity index (χ0v) is 26.5. The van der Waals surface area contributed by atoms with Crippen molar-refractivity contribution in [3.05, 3.63) is 132 Å². The Morgan fingerprint density at radius 1 is 0.977 bits per heavy atom. The highest BCUT2D eigenvalue weighted by molar-refractivity contribution is 9.10. The van der Waals surface area contributed by atoms with E-state index in [0.29, 0.717) is 43.6 Å². The molecule has 0 fully saturated rings. The number of carbonyl (C=O) groups excluding carboxylic acids is 1. The van der Waals surface area contributed by atoms with Gasteiger partial charge in [0.05, 0.1) is 42.7 Å². The van der Waals surface area contributed by atoms with Crippen molar-refractivity contribution >= 4 is 45.0 Å². The quantitative estimate of drug-likeness (QED) is 0.189. The van der Waals surface area contributed by atoms with Crippen LogP contribution in [-0.4, -0.2) is 31.4 Å². The fraction of sp³-hybridized carbons (Fsp3) is 0.147. The van der Waals surface area contributed by atoms with E-state index in [4.69, 9.17) is 23.6 Å². The number of thiazole rings is 1. The number of hydrogen-bond donors (Lipinski definition) is 0. The first-order chi connectivity index (χ1) is 21.4. The predicted octanol–water partition coefficient (Wildman–Crippen LogP) is 5.98. The molecule has 0 aliphatic carbocycles. The molecule has 0 bridgehead atoms. The third-order valence-corrected chi connectivity index (χ3v) is 8.64. The lowest BCUT2D eigenvalue weighted by atomic mass is 9.93. The van der Waals surface area contributed by atoms with Crippen LogP contribution in [-0.2, 0) is 9.53 Å². The second kappa shape index (κ2) is 12.5. The lowest BCUT2D eigenvalue weighted by Crippen LogP contribution is -2.40. The molecular formula is C34H27BrN2O6S. The number of methoxy groups -OCH3 is 2. The minimum atomic E-state index is -0.850. The predicted molar refractivity (Wildman–Crippen MR) is 172 cm³/mol. The normalized spacial score (nSPS) is 14.6. The molecule has 2 aromatic heterocycles. The molecular weight excluding hydrogens is 644 g/mol. The standard InChI is InChI=1S/C34H27BrN2O6S/c1-4-42-33(39)29-30(21-8-6-5-7-9-21)36-34-37(31(29)22-12-16-26(40-2)27(18-22)41-3)32(38)28(44-34)19-24-15-17-25(43-24)20-10-13-23(35)14-11-20/h5-19,31H,4H2,1-3H3/b28-19-. The molecule has 3 aromatic carbocycles. The molecule has 1 aliphatic heterocycles.